The summed E-state index contributed by atoms with van der Waals surface area (Å²) < 4.78 is 3.02. The fourth-order valence-corrected chi connectivity index (χ4v) is 4.69. The number of nitrogens with one attached hydrogen (secondary N) is 1. The third-order valence-corrected chi connectivity index (χ3v) is 6.63. The SMILES string of the molecule is CCn1c(=O)c(=O)n(Cc2ccc(C(=O)NCCN3CCCC[C@H]3C)cc2)c2ccccc21. The summed E-state index contributed by atoms with van der Waals surface area (Å²) in [6.07, 6.45) is 3.74. The van der Waals surface area contributed by atoms with E-state index in [0.717, 1.165) is 29.7 Å². The van der Waals surface area contributed by atoms with Gasteiger partial charge in [-0.2, -0.15) is 0 Å². The highest BCUT2D eigenvalue weighted by molar-refractivity contribution is 5.94. The molecule has 2 aromatic carbocycles. The number of piperidine rings is 1. The number of hydrogen-bond acceptors (Lipinski definition) is 4. The van der Waals surface area contributed by atoms with Gasteiger partial charge in [0.05, 0.1) is 17.6 Å². The van der Waals surface area contributed by atoms with Crippen molar-refractivity contribution in [1.82, 2.24) is 19.4 Å². The van der Waals surface area contributed by atoms with Crippen LogP contribution in [0.3, 0.4) is 0 Å². The van der Waals surface area contributed by atoms with E-state index in [-0.39, 0.29) is 12.5 Å². The van der Waals surface area contributed by atoms with Crippen molar-refractivity contribution in [3.63, 3.8) is 0 Å². The summed E-state index contributed by atoms with van der Waals surface area (Å²) in [6.45, 7) is 7.41. The standard InChI is InChI=1S/C26H32N4O3/c1-3-29-22-9-4-5-10-23(22)30(26(33)25(29)32)18-20-11-13-21(14-12-20)24(31)27-15-17-28-16-7-6-8-19(28)2/h4-5,9-14,19H,3,6-8,15-18H2,1-2H3,(H,27,31)/t19-/m1/s1. The first-order chi connectivity index (χ1) is 16.0. The Kier molecular flexibility index (Phi) is 7.08. The maximum Gasteiger partial charge on any atom is 0.317 e. The summed E-state index contributed by atoms with van der Waals surface area (Å²) in [4.78, 5) is 40.3. The van der Waals surface area contributed by atoms with E-state index in [2.05, 4.69) is 17.1 Å². The first-order valence-electron chi connectivity index (χ1n) is 11.8. The molecule has 0 bridgehead atoms. The van der Waals surface area contributed by atoms with Crippen LogP contribution in [-0.4, -0.2) is 45.6 Å². The fourth-order valence-electron chi connectivity index (χ4n) is 4.69. The predicted molar refractivity (Wildman–Crippen MR) is 131 cm³/mol. The molecule has 0 radical (unpaired) electrons. The van der Waals surface area contributed by atoms with Gasteiger partial charge in [0.15, 0.2) is 0 Å². The lowest BCUT2D eigenvalue weighted by molar-refractivity contribution is 0.0938. The highest BCUT2D eigenvalue weighted by atomic mass is 16.2. The second-order valence-electron chi connectivity index (χ2n) is 8.76. The molecule has 1 N–H and O–H groups in total. The summed E-state index contributed by atoms with van der Waals surface area (Å²) >= 11 is 0. The van der Waals surface area contributed by atoms with Gasteiger partial charge in [-0.05, 0) is 63.1 Å². The third-order valence-electron chi connectivity index (χ3n) is 6.63. The molecular formula is C26H32N4O3. The summed E-state index contributed by atoms with van der Waals surface area (Å²) in [6, 6.07) is 15.2. The van der Waals surface area contributed by atoms with E-state index in [1.807, 2.05) is 43.3 Å². The first-order valence-corrected chi connectivity index (χ1v) is 11.8. The van der Waals surface area contributed by atoms with E-state index in [4.69, 9.17) is 0 Å². The molecule has 4 rings (SSSR count). The van der Waals surface area contributed by atoms with E-state index in [0.29, 0.717) is 24.7 Å². The lowest BCUT2D eigenvalue weighted by Gasteiger charge is -2.33. The minimum atomic E-state index is -0.538. The van der Waals surface area contributed by atoms with Crippen LogP contribution in [0.5, 0.6) is 0 Å². The van der Waals surface area contributed by atoms with Crippen LogP contribution in [0, 0.1) is 0 Å². The Labute approximate surface area is 193 Å². The van der Waals surface area contributed by atoms with E-state index in [1.165, 1.54) is 28.4 Å². The minimum Gasteiger partial charge on any atom is -0.351 e. The highest BCUT2D eigenvalue weighted by Gasteiger charge is 2.18. The molecular weight excluding hydrogens is 416 g/mol. The Balaban J connectivity index is 1.45. The number of carbonyl (C=O) groups excluding carboxylic acids is 1. The molecule has 7 heteroatoms. The second kappa shape index (κ2) is 10.2. The highest BCUT2D eigenvalue weighted by Crippen LogP contribution is 2.16. The molecule has 1 aliphatic rings. The van der Waals surface area contributed by atoms with Crippen LogP contribution < -0.4 is 16.4 Å². The second-order valence-corrected chi connectivity index (χ2v) is 8.76. The van der Waals surface area contributed by atoms with Crippen LogP contribution in [0.1, 0.15) is 49.0 Å². The average molecular weight is 449 g/mol. The van der Waals surface area contributed by atoms with Crippen LogP contribution in [0.2, 0.25) is 0 Å². The number of hydrogen-bond donors (Lipinski definition) is 1. The number of aromatic nitrogens is 2. The molecule has 0 spiro atoms. The maximum absolute atomic E-state index is 12.8. The van der Waals surface area contributed by atoms with E-state index in [1.54, 1.807) is 12.1 Å². The Morgan fingerprint density at radius 3 is 2.30 bits per heavy atom. The van der Waals surface area contributed by atoms with Crippen LogP contribution in [0.4, 0.5) is 0 Å². The lowest BCUT2D eigenvalue weighted by atomic mass is 10.0. The summed E-state index contributed by atoms with van der Waals surface area (Å²) in [7, 11) is 0. The molecule has 1 fully saturated rings. The summed E-state index contributed by atoms with van der Waals surface area (Å²) in [5, 5.41) is 3.01. The molecule has 0 unspecified atom stereocenters. The van der Waals surface area contributed by atoms with Gasteiger partial charge in [0.25, 0.3) is 5.91 Å². The first kappa shape index (κ1) is 23.0. The molecule has 174 valence electrons. The van der Waals surface area contributed by atoms with Gasteiger partial charge in [-0.25, -0.2) is 0 Å². The van der Waals surface area contributed by atoms with Gasteiger partial charge in [0, 0.05) is 31.2 Å². The number of likely N-dealkylation sites (tertiary alicyclic amines) is 1. The van der Waals surface area contributed by atoms with Crippen LogP contribution >= 0.6 is 0 Å². The largest absolute Gasteiger partial charge is 0.351 e. The van der Waals surface area contributed by atoms with Gasteiger partial charge in [-0.15, -0.1) is 0 Å². The molecule has 7 nitrogen and oxygen atoms in total. The van der Waals surface area contributed by atoms with Crippen LogP contribution in [0.25, 0.3) is 11.0 Å². The van der Waals surface area contributed by atoms with Gasteiger partial charge in [0.1, 0.15) is 0 Å². The lowest BCUT2D eigenvalue weighted by Crippen LogP contribution is -2.42. The number of rotatable bonds is 7. The molecule has 1 aromatic heterocycles. The zero-order valence-corrected chi connectivity index (χ0v) is 19.4. The van der Waals surface area contributed by atoms with Crippen molar-refractivity contribution in [1.29, 1.82) is 0 Å². The number of benzene rings is 2. The summed E-state index contributed by atoms with van der Waals surface area (Å²) in [5.41, 5.74) is 1.85. The minimum absolute atomic E-state index is 0.0978. The molecule has 1 saturated heterocycles. The molecule has 1 atom stereocenters. The Morgan fingerprint density at radius 2 is 1.64 bits per heavy atom. The topological polar surface area (TPSA) is 76.3 Å². The number of aryl methyl sites for hydroxylation is 1. The maximum atomic E-state index is 12.8. The van der Waals surface area contributed by atoms with Crippen molar-refractivity contribution >= 4 is 16.9 Å². The number of carbonyl (C=O) groups is 1. The van der Waals surface area contributed by atoms with Crippen molar-refractivity contribution in [2.45, 2.75) is 52.2 Å². The van der Waals surface area contributed by atoms with Crippen molar-refractivity contribution in [2.24, 2.45) is 0 Å². The van der Waals surface area contributed by atoms with Gasteiger partial charge in [-0.3, -0.25) is 23.9 Å². The Hall–Kier alpha value is -3.19. The van der Waals surface area contributed by atoms with E-state index >= 15 is 0 Å². The quantitative estimate of drug-likeness (QED) is 0.564. The van der Waals surface area contributed by atoms with Gasteiger partial charge >= 0.3 is 11.1 Å². The molecule has 0 aliphatic carbocycles. The van der Waals surface area contributed by atoms with Gasteiger partial charge in [-0.1, -0.05) is 30.7 Å². The number of para-hydroxylation sites is 2. The van der Waals surface area contributed by atoms with Crippen LogP contribution in [0.15, 0.2) is 58.1 Å². The van der Waals surface area contributed by atoms with Crippen molar-refractivity contribution in [3.05, 3.63) is 80.4 Å². The average Bonchev–Trinajstić information content (AvgIpc) is 2.84. The molecule has 1 aliphatic heterocycles. The van der Waals surface area contributed by atoms with Crippen molar-refractivity contribution in [3.8, 4) is 0 Å². The normalized spacial score (nSPS) is 16.7. The zero-order valence-electron chi connectivity index (χ0n) is 19.4. The zero-order chi connectivity index (χ0) is 23.4. The molecule has 3 aromatic rings. The monoisotopic (exact) mass is 448 g/mol. The number of fused-ring (bicyclic) bond motifs is 1. The van der Waals surface area contributed by atoms with Crippen LogP contribution in [-0.2, 0) is 13.1 Å². The number of amides is 1. The Bertz CT molecular complexity index is 1240. The number of nitrogens with zero attached hydrogens (tertiary/aromatic N) is 3. The molecule has 2 heterocycles. The molecule has 33 heavy (non-hydrogen) atoms. The molecule has 1 amide bonds. The predicted octanol–water partition coefficient (Wildman–Crippen LogP) is 2.84. The van der Waals surface area contributed by atoms with E-state index < -0.39 is 11.1 Å². The third kappa shape index (κ3) is 4.93. The van der Waals surface area contributed by atoms with E-state index in [9.17, 15) is 14.4 Å². The summed E-state index contributed by atoms with van der Waals surface area (Å²) in [5.74, 6) is -0.0978. The van der Waals surface area contributed by atoms with Gasteiger partial charge in [0.2, 0.25) is 0 Å². The van der Waals surface area contributed by atoms with Crippen molar-refractivity contribution in [2.75, 3.05) is 19.6 Å². The van der Waals surface area contributed by atoms with Gasteiger partial charge < -0.3 is 9.88 Å². The fraction of sp³-hybridized carbons (Fsp3) is 0.423. The molecule has 0 saturated carbocycles. The van der Waals surface area contributed by atoms with Crippen molar-refractivity contribution < 1.29 is 4.79 Å². The Morgan fingerprint density at radius 1 is 0.970 bits per heavy atom. The smallest absolute Gasteiger partial charge is 0.317 e.